The van der Waals surface area contributed by atoms with Crippen molar-refractivity contribution in [1.82, 2.24) is 20.4 Å². The second-order valence-corrected chi connectivity index (χ2v) is 16.9. The average molecular weight is 559 g/mol. The number of hydrogen-bond acceptors (Lipinski definition) is 4. The fourth-order valence-corrected chi connectivity index (χ4v) is 9.53. The summed E-state index contributed by atoms with van der Waals surface area (Å²) in [7, 11) is 0. The molecule has 226 valence electrons. The third-order valence-corrected chi connectivity index (χ3v) is 10.2. The van der Waals surface area contributed by atoms with Gasteiger partial charge in [-0.15, -0.1) is 0 Å². The summed E-state index contributed by atoms with van der Waals surface area (Å²) in [5, 5.41) is 8.38. The van der Waals surface area contributed by atoms with Gasteiger partial charge in [0.05, 0.1) is 0 Å². The Morgan fingerprint density at radius 1 is 0.537 bits per heavy atom. The van der Waals surface area contributed by atoms with Gasteiger partial charge in [-0.1, -0.05) is 48.5 Å². The van der Waals surface area contributed by atoms with Gasteiger partial charge in [0.2, 0.25) is 0 Å². The standard InChI is InChI=1S/C37H58N4/c1-33(2,3)40(34(4,5)6)23-21-38-31-29-25-17-13-15-19-27(25)37(29)28-20-16-14-18-26(28)30(37)32(31)39-22-24-41(35(7,8)9)36(10,11)12/h13-20,29-32,38-39H,21-24H2,1-12H3/t29?,30?,31-,32-,37?/m1/s1. The molecule has 2 unspecified atom stereocenters. The van der Waals surface area contributed by atoms with E-state index in [2.05, 4.69) is 152 Å². The first-order valence-electron chi connectivity index (χ1n) is 16.1. The monoisotopic (exact) mass is 558 g/mol. The molecule has 0 bridgehead atoms. The van der Waals surface area contributed by atoms with Crippen molar-refractivity contribution >= 4 is 0 Å². The molecule has 4 nitrogen and oxygen atoms in total. The summed E-state index contributed by atoms with van der Waals surface area (Å²) in [5.41, 5.74) is 6.89. The Balaban J connectivity index is 1.45. The first-order valence-corrected chi connectivity index (χ1v) is 16.1. The second kappa shape index (κ2) is 10.2. The van der Waals surface area contributed by atoms with Crippen molar-refractivity contribution in [3.63, 3.8) is 0 Å². The van der Waals surface area contributed by atoms with Crippen LogP contribution in [-0.4, -0.2) is 70.2 Å². The van der Waals surface area contributed by atoms with Crippen LogP contribution in [0.4, 0.5) is 0 Å². The van der Waals surface area contributed by atoms with Crippen LogP contribution in [0.15, 0.2) is 48.5 Å². The fraction of sp³-hybridized carbons (Fsp3) is 0.676. The van der Waals surface area contributed by atoms with Crippen LogP contribution in [0.2, 0.25) is 0 Å². The van der Waals surface area contributed by atoms with Crippen molar-refractivity contribution in [2.24, 2.45) is 0 Å². The summed E-state index contributed by atoms with van der Waals surface area (Å²) < 4.78 is 0. The Morgan fingerprint density at radius 3 is 1.17 bits per heavy atom. The van der Waals surface area contributed by atoms with E-state index in [4.69, 9.17) is 0 Å². The normalized spacial score (nSPS) is 27.2. The van der Waals surface area contributed by atoms with Gasteiger partial charge in [-0.25, -0.2) is 0 Å². The summed E-state index contributed by atoms with van der Waals surface area (Å²) in [6, 6.07) is 19.4. The molecule has 0 aliphatic heterocycles. The highest BCUT2D eigenvalue weighted by Gasteiger charge is 2.73. The van der Waals surface area contributed by atoms with E-state index >= 15 is 0 Å². The molecule has 0 aromatic heterocycles. The van der Waals surface area contributed by atoms with Gasteiger partial charge in [0.15, 0.2) is 0 Å². The number of hydrogen-bond donors (Lipinski definition) is 2. The van der Waals surface area contributed by atoms with Gasteiger partial charge >= 0.3 is 0 Å². The lowest BCUT2D eigenvalue weighted by Crippen LogP contribution is -2.58. The molecule has 3 aliphatic rings. The molecule has 1 saturated carbocycles. The summed E-state index contributed by atoms with van der Waals surface area (Å²) in [6.07, 6.45) is 0. The van der Waals surface area contributed by atoms with E-state index in [1.807, 2.05) is 0 Å². The molecule has 2 N–H and O–H groups in total. The number of fused-ring (bicyclic) bond motifs is 4. The largest absolute Gasteiger partial charge is 0.310 e. The predicted octanol–water partition coefficient (Wildman–Crippen LogP) is 6.90. The molecule has 4 heteroatoms. The maximum atomic E-state index is 4.19. The van der Waals surface area contributed by atoms with E-state index in [1.165, 1.54) is 0 Å². The van der Waals surface area contributed by atoms with Crippen LogP contribution in [0.1, 0.15) is 117 Å². The lowest BCUT2D eigenvalue weighted by atomic mass is 9.43. The van der Waals surface area contributed by atoms with Crippen LogP contribution >= 0.6 is 0 Å². The molecule has 4 atom stereocenters. The average Bonchev–Trinajstić information content (AvgIpc) is 3.00. The Bertz CT molecular complexity index is 1110. The first kappa shape index (κ1) is 30.7. The minimum absolute atomic E-state index is 0.121. The number of nitrogens with one attached hydrogen (secondary N) is 2. The summed E-state index contributed by atoms with van der Waals surface area (Å²) in [4.78, 5) is 5.31. The van der Waals surface area contributed by atoms with Crippen LogP contribution in [0.25, 0.3) is 0 Å². The molecule has 3 aliphatic carbocycles. The Kier molecular flexibility index (Phi) is 7.63. The molecule has 1 fully saturated rings. The van der Waals surface area contributed by atoms with Crippen LogP contribution in [-0.2, 0) is 5.41 Å². The lowest BCUT2D eigenvalue weighted by molar-refractivity contribution is 0.0365. The number of nitrogens with zero attached hydrogens (tertiary/aromatic N) is 2. The molecule has 2 aromatic rings. The predicted molar refractivity (Wildman–Crippen MR) is 175 cm³/mol. The van der Waals surface area contributed by atoms with Crippen LogP contribution in [0.5, 0.6) is 0 Å². The molecule has 1 spiro atoms. The van der Waals surface area contributed by atoms with Crippen LogP contribution in [0.3, 0.4) is 0 Å². The Morgan fingerprint density at radius 2 is 0.854 bits per heavy atom. The third kappa shape index (κ3) is 5.01. The fourth-order valence-electron chi connectivity index (χ4n) is 9.53. The highest BCUT2D eigenvalue weighted by atomic mass is 15.3. The van der Waals surface area contributed by atoms with Gasteiger partial charge in [-0.3, -0.25) is 9.80 Å². The van der Waals surface area contributed by atoms with Gasteiger partial charge in [0, 0.05) is 77.7 Å². The maximum Gasteiger partial charge on any atom is 0.0376 e. The minimum Gasteiger partial charge on any atom is -0.310 e. The van der Waals surface area contributed by atoms with Crippen LogP contribution in [0, 0.1) is 0 Å². The molecule has 0 amide bonds. The number of rotatable bonds is 8. The molecule has 5 rings (SSSR count). The second-order valence-electron chi connectivity index (χ2n) is 16.9. The Hall–Kier alpha value is -1.72. The molecule has 41 heavy (non-hydrogen) atoms. The summed E-state index contributed by atoms with van der Waals surface area (Å²) in [5.74, 6) is 1.02. The third-order valence-electron chi connectivity index (χ3n) is 10.2. The van der Waals surface area contributed by atoms with E-state index in [1.54, 1.807) is 22.3 Å². The zero-order chi connectivity index (χ0) is 30.2. The quantitative estimate of drug-likeness (QED) is 0.369. The molecular formula is C37H58N4. The van der Waals surface area contributed by atoms with E-state index in [-0.39, 0.29) is 27.6 Å². The van der Waals surface area contributed by atoms with E-state index in [9.17, 15) is 0 Å². The SMILES string of the molecule is CC(C)(C)N(CCN[C@@H]1C2c3ccccc3C23c2ccccc2C3[C@H]1NCCN(C(C)(C)C)C(C)(C)C)C(C)(C)C. The van der Waals surface area contributed by atoms with Gasteiger partial charge in [0.25, 0.3) is 0 Å². The van der Waals surface area contributed by atoms with Gasteiger partial charge in [-0.2, -0.15) is 0 Å². The Labute approximate surface area is 251 Å². The first-order chi connectivity index (χ1) is 18.9. The summed E-state index contributed by atoms with van der Waals surface area (Å²) in [6.45, 7) is 32.3. The molecule has 0 heterocycles. The van der Waals surface area contributed by atoms with Crippen molar-refractivity contribution < 1.29 is 0 Å². The van der Waals surface area contributed by atoms with Gasteiger partial charge in [0.1, 0.15) is 0 Å². The number of benzene rings is 2. The van der Waals surface area contributed by atoms with E-state index in [0.717, 1.165) is 26.2 Å². The van der Waals surface area contributed by atoms with Crippen molar-refractivity contribution in [2.75, 3.05) is 26.2 Å². The smallest absolute Gasteiger partial charge is 0.0376 e. The zero-order valence-electron chi connectivity index (χ0n) is 28.2. The highest BCUT2D eigenvalue weighted by Crippen LogP contribution is 2.75. The lowest BCUT2D eigenvalue weighted by Gasteiger charge is -2.59. The van der Waals surface area contributed by atoms with Crippen LogP contribution < -0.4 is 10.6 Å². The molecule has 2 aromatic carbocycles. The van der Waals surface area contributed by atoms with E-state index in [0.29, 0.717) is 23.9 Å². The van der Waals surface area contributed by atoms with Gasteiger partial charge in [-0.05, 0) is 105 Å². The minimum atomic E-state index is 0.121. The van der Waals surface area contributed by atoms with Crippen molar-refractivity contribution in [3.05, 3.63) is 70.8 Å². The molecule has 0 radical (unpaired) electrons. The highest BCUT2D eigenvalue weighted by molar-refractivity contribution is 5.72. The van der Waals surface area contributed by atoms with Gasteiger partial charge < -0.3 is 10.6 Å². The maximum absolute atomic E-state index is 4.19. The molecular weight excluding hydrogens is 500 g/mol. The van der Waals surface area contributed by atoms with Crippen molar-refractivity contribution in [3.8, 4) is 0 Å². The van der Waals surface area contributed by atoms with Crippen molar-refractivity contribution in [1.29, 1.82) is 0 Å². The summed E-state index contributed by atoms with van der Waals surface area (Å²) >= 11 is 0. The van der Waals surface area contributed by atoms with E-state index < -0.39 is 0 Å². The molecule has 0 saturated heterocycles. The zero-order valence-corrected chi connectivity index (χ0v) is 28.2. The topological polar surface area (TPSA) is 30.5 Å². The van der Waals surface area contributed by atoms with Crippen molar-refractivity contribution in [2.45, 2.75) is 135 Å².